The summed E-state index contributed by atoms with van der Waals surface area (Å²) in [6.45, 7) is 10.7. The molecule has 0 bridgehead atoms. The zero-order chi connectivity index (χ0) is 14.5. The lowest BCUT2D eigenvalue weighted by molar-refractivity contribution is -0.129. The van der Waals surface area contributed by atoms with Gasteiger partial charge < -0.3 is 4.90 Å². The third-order valence-electron chi connectivity index (χ3n) is 5.50. The molecule has 0 saturated carbocycles. The fraction of sp³-hybridized carbons (Fsp3) is 0.611. The molecule has 0 unspecified atom stereocenters. The Hall–Kier alpha value is -1.15. The zero-order valence-electron chi connectivity index (χ0n) is 13.1. The lowest BCUT2D eigenvalue weighted by Gasteiger charge is -2.41. The van der Waals surface area contributed by atoms with Crippen molar-refractivity contribution in [3.8, 4) is 0 Å². The van der Waals surface area contributed by atoms with Gasteiger partial charge in [-0.25, -0.2) is 0 Å². The van der Waals surface area contributed by atoms with Gasteiger partial charge in [0, 0.05) is 11.5 Å². The van der Waals surface area contributed by atoms with Gasteiger partial charge in [-0.3, -0.25) is 4.79 Å². The first-order chi connectivity index (χ1) is 9.39. The number of hydrogen-bond acceptors (Lipinski definition) is 2. The van der Waals surface area contributed by atoms with Crippen LogP contribution in [0.3, 0.4) is 0 Å². The summed E-state index contributed by atoms with van der Waals surface area (Å²) < 4.78 is 0. The van der Waals surface area contributed by atoms with Crippen LogP contribution in [0.2, 0.25) is 0 Å². The van der Waals surface area contributed by atoms with Crippen molar-refractivity contribution >= 4 is 5.78 Å². The minimum absolute atomic E-state index is 0.217. The summed E-state index contributed by atoms with van der Waals surface area (Å²) in [4.78, 5) is 15.6. The quantitative estimate of drug-likeness (QED) is 0.781. The highest BCUT2D eigenvalue weighted by Crippen LogP contribution is 2.51. The molecule has 2 aliphatic rings. The molecule has 1 aromatic rings. The summed E-state index contributed by atoms with van der Waals surface area (Å²) in [6, 6.07) is 9.07. The van der Waals surface area contributed by atoms with Crippen LogP contribution >= 0.6 is 0 Å². The Morgan fingerprint density at radius 3 is 2.15 bits per heavy atom. The fourth-order valence-electron chi connectivity index (χ4n) is 4.21. The van der Waals surface area contributed by atoms with Gasteiger partial charge in [0.05, 0.1) is 5.41 Å². The van der Waals surface area contributed by atoms with Crippen molar-refractivity contribution in [1.29, 1.82) is 0 Å². The van der Waals surface area contributed by atoms with Crippen LogP contribution < -0.4 is 0 Å². The van der Waals surface area contributed by atoms with E-state index in [0.717, 1.165) is 25.9 Å². The predicted octanol–water partition coefficient (Wildman–Crippen LogP) is 3.29. The Labute approximate surface area is 122 Å². The molecule has 2 heteroatoms. The summed E-state index contributed by atoms with van der Waals surface area (Å²) >= 11 is 0. The normalized spacial score (nSPS) is 24.4. The number of likely N-dealkylation sites (tertiary alicyclic amines) is 1. The molecule has 1 aliphatic carbocycles. The average Bonchev–Trinajstić information content (AvgIpc) is 2.60. The number of benzene rings is 1. The summed E-state index contributed by atoms with van der Waals surface area (Å²) in [5.41, 5.74) is 2.02. The number of ketones is 1. The molecule has 0 radical (unpaired) electrons. The van der Waals surface area contributed by atoms with E-state index in [2.05, 4.69) is 56.9 Å². The highest BCUT2D eigenvalue weighted by Gasteiger charge is 2.56. The van der Waals surface area contributed by atoms with Crippen molar-refractivity contribution in [2.45, 2.75) is 57.4 Å². The Kier molecular flexibility index (Phi) is 3.06. The maximum absolute atomic E-state index is 13.1. The Morgan fingerprint density at radius 2 is 1.60 bits per heavy atom. The molecular formula is C18H25NO. The molecule has 0 N–H and O–H groups in total. The van der Waals surface area contributed by atoms with E-state index in [0.29, 0.717) is 11.8 Å². The van der Waals surface area contributed by atoms with E-state index in [9.17, 15) is 4.79 Å². The van der Waals surface area contributed by atoms with Crippen molar-refractivity contribution < 1.29 is 4.79 Å². The van der Waals surface area contributed by atoms with E-state index in [1.165, 1.54) is 11.1 Å². The second kappa shape index (κ2) is 4.42. The van der Waals surface area contributed by atoms with Crippen LogP contribution in [-0.2, 0) is 15.6 Å². The number of nitrogens with zero attached hydrogens (tertiary/aromatic N) is 1. The largest absolute Gasteiger partial charge is 0.301 e. The molecule has 1 aromatic carbocycles. The molecule has 20 heavy (non-hydrogen) atoms. The van der Waals surface area contributed by atoms with Gasteiger partial charge in [0.25, 0.3) is 0 Å². The van der Waals surface area contributed by atoms with Crippen LogP contribution in [0.25, 0.3) is 0 Å². The molecule has 1 heterocycles. The molecule has 2 nitrogen and oxygen atoms in total. The van der Waals surface area contributed by atoms with Crippen LogP contribution in [-0.4, -0.2) is 29.8 Å². The van der Waals surface area contributed by atoms with Crippen LogP contribution in [0.4, 0.5) is 0 Å². The van der Waals surface area contributed by atoms with Gasteiger partial charge in [-0.1, -0.05) is 24.3 Å². The van der Waals surface area contributed by atoms with Gasteiger partial charge in [-0.05, 0) is 64.8 Å². The van der Waals surface area contributed by atoms with Gasteiger partial charge in [0.1, 0.15) is 0 Å². The van der Waals surface area contributed by atoms with Gasteiger partial charge in [-0.15, -0.1) is 0 Å². The maximum Gasteiger partial charge on any atom is 0.153 e. The minimum Gasteiger partial charge on any atom is -0.301 e. The topological polar surface area (TPSA) is 20.3 Å². The number of Topliss-reactive ketones (excluding diaryl/α,β-unsaturated/α-hetero) is 1. The van der Waals surface area contributed by atoms with Gasteiger partial charge in [-0.2, -0.15) is 0 Å². The van der Waals surface area contributed by atoms with E-state index in [1.807, 2.05) is 0 Å². The number of fused-ring (bicyclic) bond motifs is 2. The third kappa shape index (κ3) is 1.70. The number of carbonyl (C=O) groups is 1. The third-order valence-corrected chi connectivity index (χ3v) is 5.50. The zero-order valence-corrected chi connectivity index (χ0v) is 13.1. The van der Waals surface area contributed by atoms with E-state index in [4.69, 9.17) is 0 Å². The molecule has 1 spiro atoms. The molecule has 0 amide bonds. The SMILES string of the molecule is CC(C)N1CCC2(CC1)C(=O)C(C)(C)c1ccccc12. The number of rotatable bonds is 1. The summed E-state index contributed by atoms with van der Waals surface area (Å²) in [7, 11) is 0. The summed E-state index contributed by atoms with van der Waals surface area (Å²) in [6.07, 6.45) is 1.95. The van der Waals surface area contributed by atoms with Gasteiger partial charge in [0.15, 0.2) is 5.78 Å². The van der Waals surface area contributed by atoms with Crippen LogP contribution in [0.15, 0.2) is 24.3 Å². The van der Waals surface area contributed by atoms with Crippen molar-refractivity contribution in [2.24, 2.45) is 0 Å². The second-order valence-electron chi connectivity index (χ2n) is 7.21. The Morgan fingerprint density at radius 1 is 1.05 bits per heavy atom. The van der Waals surface area contributed by atoms with Crippen molar-refractivity contribution in [2.75, 3.05) is 13.1 Å². The maximum atomic E-state index is 13.1. The monoisotopic (exact) mass is 271 g/mol. The van der Waals surface area contributed by atoms with E-state index < -0.39 is 0 Å². The Bertz CT molecular complexity index is 536. The minimum atomic E-state index is -0.323. The lowest BCUT2D eigenvalue weighted by Crippen LogP contribution is -2.49. The standard InChI is InChI=1S/C18H25NO/c1-13(2)19-11-9-18(10-12-19)15-8-6-5-7-14(15)17(3,4)16(18)20/h5-8,13H,9-12H2,1-4H3. The second-order valence-corrected chi connectivity index (χ2v) is 7.21. The first kappa shape index (κ1) is 13.8. The van der Waals surface area contributed by atoms with Crippen LogP contribution in [0.5, 0.6) is 0 Å². The van der Waals surface area contributed by atoms with Crippen LogP contribution in [0.1, 0.15) is 51.7 Å². The van der Waals surface area contributed by atoms with Crippen molar-refractivity contribution in [1.82, 2.24) is 4.90 Å². The molecule has 108 valence electrons. The van der Waals surface area contributed by atoms with Crippen LogP contribution in [0, 0.1) is 0 Å². The number of carbonyl (C=O) groups excluding carboxylic acids is 1. The average molecular weight is 271 g/mol. The smallest absolute Gasteiger partial charge is 0.153 e. The highest BCUT2D eigenvalue weighted by molar-refractivity contribution is 6.03. The van der Waals surface area contributed by atoms with Crippen molar-refractivity contribution in [3.63, 3.8) is 0 Å². The lowest BCUT2D eigenvalue weighted by atomic mass is 9.70. The molecule has 0 aromatic heterocycles. The fourth-order valence-corrected chi connectivity index (χ4v) is 4.21. The predicted molar refractivity (Wildman–Crippen MR) is 82.1 cm³/mol. The first-order valence-electron chi connectivity index (χ1n) is 7.78. The molecule has 1 fully saturated rings. The molecule has 1 saturated heterocycles. The summed E-state index contributed by atoms with van der Waals surface area (Å²) in [5.74, 6) is 0.439. The molecular weight excluding hydrogens is 246 g/mol. The number of hydrogen-bond donors (Lipinski definition) is 0. The van der Waals surface area contributed by atoms with E-state index >= 15 is 0 Å². The highest BCUT2D eigenvalue weighted by atomic mass is 16.1. The Balaban J connectivity index is 2.01. The van der Waals surface area contributed by atoms with Gasteiger partial charge in [0.2, 0.25) is 0 Å². The summed E-state index contributed by atoms with van der Waals surface area (Å²) in [5, 5.41) is 0. The molecule has 0 atom stereocenters. The van der Waals surface area contributed by atoms with Gasteiger partial charge >= 0.3 is 0 Å². The first-order valence-corrected chi connectivity index (χ1v) is 7.78. The molecule has 3 rings (SSSR count). The van der Waals surface area contributed by atoms with E-state index in [-0.39, 0.29) is 10.8 Å². The molecule has 1 aliphatic heterocycles. The number of piperidine rings is 1. The van der Waals surface area contributed by atoms with Crippen molar-refractivity contribution in [3.05, 3.63) is 35.4 Å². The van der Waals surface area contributed by atoms with E-state index in [1.54, 1.807) is 0 Å².